The summed E-state index contributed by atoms with van der Waals surface area (Å²) < 4.78 is 32.9. The number of aromatic carboxylic acids is 1. The fraction of sp³-hybridized carbons (Fsp3) is 0.417. The summed E-state index contributed by atoms with van der Waals surface area (Å²) in [6.07, 6.45) is 0. The molecular weight excluding hydrogens is 284 g/mol. The quantitative estimate of drug-likeness (QED) is 0.801. The van der Waals surface area contributed by atoms with Crippen molar-refractivity contribution in [2.75, 3.05) is 26.3 Å². The van der Waals surface area contributed by atoms with E-state index in [0.29, 0.717) is 31.9 Å². The van der Waals surface area contributed by atoms with Gasteiger partial charge in [-0.05, 0) is 17.7 Å². The van der Waals surface area contributed by atoms with E-state index < -0.39 is 16.2 Å². The van der Waals surface area contributed by atoms with Crippen molar-refractivity contribution in [3.05, 3.63) is 35.4 Å². The number of hydrogen-bond acceptors (Lipinski definition) is 4. The molecule has 110 valence electrons. The molecule has 1 fully saturated rings. The van der Waals surface area contributed by atoms with Gasteiger partial charge in [0.2, 0.25) is 0 Å². The van der Waals surface area contributed by atoms with Gasteiger partial charge in [-0.2, -0.15) is 17.4 Å². The minimum atomic E-state index is -3.52. The van der Waals surface area contributed by atoms with Crippen LogP contribution in [0.25, 0.3) is 0 Å². The van der Waals surface area contributed by atoms with Crippen LogP contribution in [0.1, 0.15) is 15.9 Å². The first kappa shape index (κ1) is 14.9. The molecule has 0 radical (unpaired) electrons. The van der Waals surface area contributed by atoms with E-state index in [1.807, 2.05) is 0 Å². The zero-order valence-electron chi connectivity index (χ0n) is 10.8. The van der Waals surface area contributed by atoms with Crippen LogP contribution >= 0.6 is 0 Å². The number of carboxylic acid groups (broad SMARTS) is 1. The average Bonchev–Trinajstić information content (AvgIpc) is 2.46. The molecule has 0 atom stereocenters. The van der Waals surface area contributed by atoms with Crippen molar-refractivity contribution in [3.63, 3.8) is 0 Å². The molecule has 20 heavy (non-hydrogen) atoms. The zero-order valence-corrected chi connectivity index (χ0v) is 11.6. The lowest BCUT2D eigenvalue weighted by molar-refractivity contribution is 0.0697. The van der Waals surface area contributed by atoms with Gasteiger partial charge in [0.05, 0.1) is 18.8 Å². The Hall–Kier alpha value is -1.48. The van der Waals surface area contributed by atoms with Crippen LogP contribution in [0.4, 0.5) is 0 Å². The minimum Gasteiger partial charge on any atom is -0.478 e. The monoisotopic (exact) mass is 300 g/mol. The maximum Gasteiger partial charge on any atom is 0.335 e. The second-order valence-corrected chi connectivity index (χ2v) is 6.09. The molecule has 0 saturated carbocycles. The van der Waals surface area contributed by atoms with Gasteiger partial charge in [0, 0.05) is 19.6 Å². The minimum absolute atomic E-state index is 0.125. The molecule has 7 nitrogen and oxygen atoms in total. The fourth-order valence-electron chi connectivity index (χ4n) is 1.82. The third-order valence-electron chi connectivity index (χ3n) is 2.97. The van der Waals surface area contributed by atoms with Gasteiger partial charge in [-0.3, -0.25) is 0 Å². The zero-order chi connectivity index (χ0) is 14.6. The van der Waals surface area contributed by atoms with Crippen LogP contribution in [0.15, 0.2) is 24.3 Å². The second-order valence-electron chi connectivity index (χ2n) is 4.34. The largest absolute Gasteiger partial charge is 0.478 e. The van der Waals surface area contributed by atoms with Gasteiger partial charge in [-0.1, -0.05) is 12.1 Å². The van der Waals surface area contributed by atoms with E-state index in [1.54, 1.807) is 12.1 Å². The van der Waals surface area contributed by atoms with E-state index in [0.717, 1.165) is 0 Å². The number of carboxylic acids is 1. The van der Waals surface area contributed by atoms with Crippen LogP contribution in [0.5, 0.6) is 0 Å². The van der Waals surface area contributed by atoms with E-state index in [2.05, 4.69) is 4.72 Å². The summed E-state index contributed by atoms with van der Waals surface area (Å²) in [5.74, 6) is -1.01. The molecule has 1 aliphatic rings. The summed E-state index contributed by atoms with van der Waals surface area (Å²) in [6, 6.07) is 6.07. The summed E-state index contributed by atoms with van der Waals surface area (Å²) >= 11 is 0. The van der Waals surface area contributed by atoms with Gasteiger partial charge in [0.25, 0.3) is 10.2 Å². The Morgan fingerprint density at radius 3 is 2.40 bits per heavy atom. The summed E-state index contributed by atoms with van der Waals surface area (Å²) in [6.45, 7) is 1.60. The van der Waals surface area contributed by atoms with E-state index in [1.165, 1.54) is 16.4 Å². The smallest absolute Gasteiger partial charge is 0.335 e. The molecule has 8 heteroatoms. The molecule has 0 amide bonds. The lowest BCUT2D eigenvalue weighted by Crippen LogP contribution is -2.46. The Labute approximate surface area is 117 Å². The highest BCUT2D eigenvalue weighted by molar-refractivity contribution is 7.87. The molecule has 1 aromatic rings. The predicted octanol–water partition coefficient (Wildman–Crippen LogP) is 0.0514. The van der Waals surface area contributed by atoms with E-state index in [4.69, 9.17) is 9.84 Å². The van der Waals surface area contributed by atoms with Crippen LogP contribution in [-0.2, 0) is 21.5 Å². The highest BCUT2D eigenvalue weighted by Gasteiger charge is 2.23. The first-order chi connectivity index (χ1) is 9.49. The van der Waals surface area contributed by atoms with Crippen molar-refractivity contribution in [3.8, 4) is 0 Å². The fourth-order valence-corrected chi connectivity index (χ4v) is 2.98. The molecule has 0 aliphatic carbocycles. The molecule has 0 bridgehead atoms. The van der Waals surface area contributed by atoms with E-state index in [-0.39, 0.29) is 12.1 Å². The standard InChI is InChI=1S/C12H16N2O5S/c15-12(16)11-3-1-10(2-4-11)9-13-20(17,18)14-5-7-19-8-6-14/h1-4,13H,5-9H2,(H,15,16). The molecule has 1 aromatic carbocycles. The Balaban J connectivity index is 1.95. The van der Waals surface area contributed by atoms with Crippen molar-refractivity contribution < 1.29 is 23.1 Å². The second kappa shape index (κ2) is 6.31. The van der Waals surface area contributed by atoms with Crippen LogP contribution in [0.3, 0.4) is 0 Å². The normalized spacial score (nSPS) is 17.0. The summed E-state index contributed by atoms with van der Waals surface area (Å²) in [7, 11) is -3.52. The van der Waals surface area contributed by atoms with Crippen molar-refractivity contribution in [2.45, 2.75) is 6.54 Å². The van der Waals surface area contributed by atoms with Gasteiger partial charge >= 0.3 is 5.97 Å². The Morgan fingerprint density at radius 2 is 1.85 bits per heavy atom. The molecule has 0 spiro atoms. The number of rotatable bonds is 5. The Morgan fingerprint density at radius 1 is 1.25 bits per heavy atom. The molecule has 0 aromatic heterocycles. The van der Waals surface area contributed by atoms with Gasteiger partial charge < -0.3 is 9.84 Å². The number of carbonyl (C=O) groups is 1. The number of ether oxygens (including phenoxy) is 1. The number of benzene rings is 1. The Bertz CT molecular complexity index is 564. The summed E-state index contributed by atoms with van der Waals surface area (Å²) in [5.41, 5.74) is 0.872. The van der Waals surface area contributed by atoms with Crippen molar-refractivity contribution in [2.24, 2.45) is 0 Å². The molecule has 2 rings (SSSR count). The number of hydrogen-bond donors (Lipinski definition) is 2. The summed E-state index contributed by atoms with van der Waals surface area (Å²) in [4.78, 5) is 10.7. The molecule has 2 N–H and O–H groups in total. The lowest BCUT2D eigenvalue weighted by atomic mass is 10.1. The highest BCUT2D eigenvalue weighted by atomic mass is 32.2. The highest BCUT2D eigenvalue weighted by Crippen LogP contribution is 2.07. The van der Waals surface area contributed by atoms with Crippen molar-refractivity contribution in [1.29, 1.82) is 0 Å². The predicted molar refractivity (Wildman–Crippen MR) is 71.6 cm³/mol. The molecule has 1 aliphatic heterocycles. The average molecular weight is 300 g/mol. The molecule has 0 unspecified atom stereocenters. The van der Waals surface area contributed by atoms with Crippen LogP contribution < -0.4 is 4.72 Å². The molecular formula is C12H16N2O5S. The van der Waals surface area contributed by atoms with Gasteiger partial charge in [0.15, 0.2) is 0 Å². The lowest BCUT2D eigenvalue weighted by Gasteiger charge is -2.26. The number of nitrogens with one attached hydrogen (secondary N) is 1. The maximum absolute atomic E-state index is 12.0. The van der Waals surface area contributed by atoms with E-state index in [9.17, 15) is 13.2 Å². The maximum atomic E-state index is 12.0. The topological polar surface area (TPSA) is 95.9 Å². The molecule has 1 heterocycles. The third kappa shape index (κ3) is 3.76. The van der Waals surface area contributed by atoms with Crippen molar-refractivity contribution in [1.82, 2.24) is 9.03 Å². The Kier molecular flexibility index (Phi) is 4.71. The number of nitrogens with zero attached hydrogens (tertiary/aromatic N) is 1. The van der Waals surface area contributed by atoms with Crippen molar-refractivity contribution >= 4 is 16.2 Å². The first-order valence-corrected chi connectivity index (χ1v) is 7.58. The number of morpholine rings is 1. The van der Waals surface area contributed by atoms with Gasteiger partial charge in [0.1, 0.15) is 0 Å². The SMILES string of the molecule is O=C(O)c1ccc(CNS(=O)(=O)N2CCOCC2)cc1. The van der Waals surface area contributed by atoms with Crippen LogP contribution in [0, 0.1) is 0 Å². The molecule has 1 saturated heterocycles. The first-order valence-electron chi connectivity index (χ1n) is 6.14. The third-order valence-corrected chi connectivity index (χ3v) is 4.52. The van der Waals surface area contributed by atoms with Crippen LogP contribution in [-0.4, -0.2) is 50.1 Å². The van der Waals surface area contributed by atoms with Crippen LogP contribution in [0.2, 0.25) is 0 Å². The van der Waals surface area contributed by atoms with Gasteiger partial charge in [-0.25, -0.2) is 4.79 Å². The van der Waals surface area contributed by atoms with Gasteiger partial charge in [-0.15, -0.1) is 0 Å². The van der Waals surface area contributed by atoms with E-state index >= 15 is 0 Å². The summed E-state index contributed by atoms with van der Waals surface area (Å²) in [5, 5.41) is 8.78.